The van der Waals surface area contributed by atoms with Crippen LogP contribution in [-0.4, -0.2) is 19.2 Å². The summed E-state index contributed by atoms with van der Waals surface area (Å²) in [5.41, 5.74) is 7.04. The van der Waals surface area contributed by atoms with Gasteiger partial charge >= 0.3 is 0 Å². The zero-order chi connectivity index (χ0) is 15.3. The maximum atomic E-state index is 12.3. The minimum absolute atomic E-state index is 0.189. The molecule has 0 aliphatic heterocycles. The second-order valence-electron chi connectivity index (χ2n) is 5.29. The second-order valence-corrected chi connectivity index (χ2v) is 8.61. The number of hydrogen-bond donors (Lipinski definition) is 1. The first-order valence-corrected chi connectivity index (χ1v) is 9.88. The lowest BCUT2D eigenvalue weighted by atomic mass is 10.1. The topological polar surface area (TPSA) is 73.0 Å². The predicted octanol–water partition coefficient (Wildman–Crippen LogP) is 4.01. The van der Waals surface area contributed by atoms with Crippen LogP contribution in [0.5, 0.6) is 0 Å². The molecule has 0 saturated carbocycles. The van der Waals surface area contributed by atoms with Crippen molar-refractivity contribution in [1.29, 1.82) is 0 Å². The summed E-state index contributed by atoms with van der Waals surface area (Å²) in [6.45, 7) is 2.17. The van der Waals surface area contributed by atoms with E-state index in [0.29, 0.717) is 17.6 Å². The van der Waals surface area contributed by atoms with Gasteiger partial charge in [-0.25, -0.2) is 13.4 Å². The summed E-state index contributed by atoms with van der Waals surface area (Å²) in [5, 5.41) is 0. The van der Waals surface area contributed by atoms with Crippen LogP contribution in [0.2, 0.25) is 0 Å². The van der Waals surface area contributed by atoms with Crippen molar-refractivity contribution >= 4 is 37.1 Å². The summed E-state index contributed by atoms with van der Waals surface area (Å²) >= 11 is 1.21. The van der Waals surface area contributed by atoms with E-state index in [2.05, 4.69) is 11.9 Å². The van der Waals surface area contributed by atoms with Gasteiger partial charge < -0.3 is 5.73 Å². The molecule has 0 aliphatic rings. The minimum atomic E-state index is -3.26. The number of nitrogens with zero attached hydrogens (tertiary/aromatic N) is 1. The number of unbranched alkanes of at least 4 members (excludes halogenated alkanes) is 5. The summed E-state index contributed by atoms with van der Waals surface area (Å²) in [4.78, 5) is 4.23. The van der Waals surface area contributed by atoms with Crippen LogP contribution >= 0.6 is 11.3 Å². The molecule has 0 fully saturated rings. The van der Waals surface area contributed by atoms with E-state index in [-0.39, 0.29) is 10.1 Å². The fraction of sp³-hybridized carbons (Fsp3) is 0.533. The van der Waals surface area contributed by atoms with E-state index in [0.717, 1.165) is 17.5 Å². The lowest BCUT2D eigenvalue weighted by Gasteiger charge is -2.01. The predicted molar refractivity (Wildman–Crippen MR) is 89.5 cm³/mol. The number of anilines is 1. The second kappa shape index (κ2) is 7.22. The van der Waals surface area contributed by atoms with Crippen LogP contribution in [-0.2, 0) is 9.84 Å². The van der Waals surface area contributed by atoms with Gasteiger partial charge in [-0.2, -0.15) is 0 Å². The summed E-state index contributed by atoms with van der Waals surface area (Å²) in [6.07, 6.45) is 6.41. The molecular weight excluding hydrogens is 304 g/mol. The number of sulfone groups is 1. The van der Waals surface area contributed by atoms with Crippen molar-refractivity contribution in [2.45, 2.75) is 49.8 Å². The number of thiazole rings is 1. The van der Waals surface area contributed by atoms with Crippen molar-refractivity contribution in [3.05, 3.63) is 18.2 Å². The average Bonchev–Trinajstić information content (AvgIpc) is 2.86. The van der Waals surface area contributed by atoms with Crippen molar-refractivity contribution in [2.75, 3.05) is 11.5 Å². The van der Waals surface area contributed by atoms with Crippen LogP contribution in [0.25, 0.3) is 10.2 Å². The molecule has 0 saturated heterocycles. The SMILES string of the molecule is CCCCCCCCS(=O)(=O)c1nc2ccc(N)cc2s1. The number of nitrogens with two attached hydrogens (primary N) is 1. The fourth-order valence-electron chi connectivity index (χ4n) is 2.21. The molecule has 0 radical (unpaired) electrons. The molecule has 0 unspecified atom stereocenters. The van der Waals surface area contributed by atoms with E-state index >= 15 is 0 Å². The van der Waals surface area contributed by atoms with Crippen LogP contribution in [0.1, 0.15) is 45.4 Å². The highest BCUT2D eigenvalue weighted by molar-refractivity contribution is 7.93. The lowest BCUT2D eigenvalue weighted by Crippen LogP contribution is -2.06. The Labute approximate surface area is 130 Å². The maximum Gasteiger partial charge on any atom is 0.210 e. The first-order chi connectivity index (χ1) is 10.0. The van der Waals surface area contributed by atoms with Crippen molar-refractivity contribution in [2.24, 2.45) is 0 Å². The molecule has 1 aromatic heterocycles. The van der Waals surface area contributed by atoms with Crippen molar-refractivity contribution in [3.63, 3.8) is 0 Å². The molecule has 6 heteroatoms. The quantitative estimate of drug-likeness (QED) is 0.587. The van der Waals surface area contributed by atoms with Gasteiger partial charge in [-0.15, -0.1) is 11.3 Å². The van der Waals surface area contributed by atoms with Gasteiger partial charge in [-0.1, -0.05) is 39.0 Å². The van der Waals surface area contributed by atoms with Gasteiger partial charge in [0.2, 0.25) is 14.2 Å². The molecule has 116 valence electrons. The Hall–Kier alpha value is -1.14. The molecule has 1 heterocycles. The summed E-state index contributed by atoms with van der Waals surface area (Å²) < 4.78 is 25.6. The molecule has 2 aromatic rings. The number of nitrogen functional groups attached to an aromatic ring is 1. The van der Waals surface area contributed by atoms with Crippen LogP contribution in [0.3, 0.4) is 0 Å². The van der Waals surface area contributed by atoms with Crippen LogP contribution < -0.4 is 5.73 Å². The van der Waals surface area contributed by atoms with Crippen molar-refractivity contribution in [3.8, 4) is 0 Å². The van der Waals surface area contributed by atoms with Crippen molar-refractivity contribution < 1.29 is 8.42 Å². The first-order valence-electron chi connectivity index (χ1n) is 7.42. The van der Waals surface area contributed by atoms with E-state index in [1.807, 2.05) is 0 Å². The zero-order valence-corrected chi connectivity index (χ0v) is 14.0. The number of fused-ring (bicyclic) bond motifs is 1. The molecule has 0 bridgehead atoms. The highest BCUT2D eigenvalue weighted by Crippen LogP contribution is 2.28. The van der Waals surface area contributed by atoms with Crippen LogP contribution in [0.4, 0.5) is 5.69 Å². The molecular formula is C15H22N2O2S2. The number of benzene rings is 1. The van der Waals surface area contributed by atoms with Crippen LogP contribution in [0.15, 0.2) is 22.5 Å². The molecule has 0 atom stereocenters. The zero-order valence-electron chi connectivity index (χ0n) is 12.3. The Bertz CT molecular complexity index is 693. The van der Waals surface area contributed by atoms with Gasteiger partial charge in [-0.05, 0) is 24.6 Å². The smallest absolute Gasteiger partial charge is 0.210 e. The minimum Gasteiger partial charge on any atom is -0.399 e. The van der Waals surface area contributed by atoms with E-state index in [9.17, 15) is 8.42 Å². The van der Waals surface area contributed by atoms with Gasteiger partial charge in [0.15, 0.2) is 0 Å². The largest absolute Gasteiger partial charge is 0.399 e. The maximum absolute atomic E-state index is 12.3. The Balaban J connectivity index is 1.97. The molecule has 0 aliphatic carbocycles. The van der Waals surface area contributed by atoms with E-state index < -0.39 is 9.84 Å². The molecule has 0 amide bonds. The summed E-state index contributed by atoms with van der Waals surface area (Å²) in [6, 6.07) is 5.29. The molecule has 2 N–H and O–H groups in total. The molecule has 21 heavy (non-hydrogen) atoms. The highest BCUT2D eigenvalue weighted by Gasteiger charge is 2.19. The van der Waals surface area contributed by atoms with E-state index in [1.165, 1.54) is 30.6 Å². The molecule has 4 nitrogen and oxygen atoms in total. The van der Waals surface area contributed by atoms with E-state index in [4.69, 9.17) is 5.73 Å². The monoisotopic (exact) mass is 326 g/mol. The Morgan fingerprint density at radius 1 is 1.14 bits per heavy atom. The normalized spacial score (nSPS) is 12.0. The van der Waals surface area contributed by atoms with Crippen molar-refractivity contribution in [1.82, 2.24) is 4.98 Å². The third-order valence-corrected chi connectivity index (χ3v) is 6.70. The third kappa shape index (κ3) is 4.41. The number of aromatic nitrogens is 1. The molecule has 0 spiro atoms. The van der Waals surface area contributed by atoms with E-state index in [1.54, 1.807) is 18.2 Å². The average molecular weight is 326 g/mol. The number of hydrogen-bond acceptors (Lipinski definition) is 5. The molecule has 2 rings (SSSR count). The molecule has 1 aromatic carbocycles. The fourth-order valence-corrected chi connectivity index (χ4v) is 4.98. The van der Waals surface area contributed by atoms with Gasteiger partial charge in [-0.3, -0.25) is 0 Å². The standard InChI is InChI=1S/C15H22N2O2S2/c1-2-3-4-5-6-7-10-21(18,19)15-17-13-9-8-12(16)11-14(13)20-15/h8-9,11H,2-7,10,16H2,1H3. The Morgan fingerprint density at radius 2 is 1.86 bits per heavy atom. The van der Waals surface area contributed by atoms with Gasteiger partial charge in [0.05, 0.1) is 16.0 Å². The Morgan fingerprint density at radius 3 is 2.62 bits per heavy atom. The van der Waals surface area contributed by atoms with Gasteiger partial charge in [0, 0.05) is 5.69 Å². The summed E-state index contributed by atoms with van der Waals surface area (Å²) in [7, 11) is -3.26. The lowest BCUT2D eigenvalue weighted by molar-refractivity contribution is 0.583. The Kier molecular flexibility index (Phi) is 5.58. The van der Waals surface area contributed by atoms with Crippen LogP contribution in [0, 0.1) is 0 Å². The van der Waals surface area contributed by atoms with Gasteiger partial charge in [0.1, 0.15) is 0 Å². The third-order valence-electron chi connectivity index (χ3n) is 3.43. The highest BCUT2D eigenvalue weighted by atomic mass is 32.2. The first kappa shape index (κ1) is 16.2. The number of rotatable bonds is 8. The van der Waals surface area contributed by atoms with Gasteiger partial charge in [0.25, 0.3) is 0 Å². The summed E-state index contributed by atoms with van der Waals surface area (Å²) in [5.74, 6) is 0.189.